The van der Waals surface area contributed by atoms with Gasteiger partial charge in [0.25, 0.3) is 0 Å². The molecule has 0 bridgehead atoms. The molecule has 2 unspecified atom stereocenters. The maximum atomic E-state index is 3.77. The summed E-state index contributed by atoms with van der Waals surface area (Å²) in [6, 6.07) is 0. The molecule has 0 saturated carbocycles. The van der Waals surface area contributed by atoms with Crippen molar-refractivity contribution in [1.29, 1.82) is 0 Å². The van der Waals surface area contributed by atoms with Crippen LogP contribution in [0.3, 0.4) is 0 Å². The first kappa shape index (κ1) is 11.8. The van der Waals surface area contributed by atoms with Crippen molar-refractivity contribution in [2.24, 2.45) is 0 Å². The monoisotopic (exact) mass is 280 g/mol. The van der Waals surface area contributed by atoms with E-state index < -0.39 is 0 Å². The Balaban J connectivity index is 2.25. The SMILES string of the molecule is C=CCSC1C[Se]CC1SCC=C. The van der Waals surface area contributed by atoms with E-state index in [-0.39, 0.29) is 0 Å². The van der Waals surface area contributed by atoms with Gasteiger partial charge in [-0.15, -0.1) is 0 Å². The topological polar surface area (TPSA) is 0 Å². The molecule has 0 aromatic carbocycles. The van der Waals surface area contributed by atoms with E-state index in [0.717, 1.165) is 37.0 Å². The summed E-state index contributed by atoms with van der Waals surface area (Å²) >= 11 is 5.07. The molecule has 1 rings (SSSR count). The summed E-state index contributed by atoms with van der Waals surface area (Å²) in [7, 11) is 0. The molecular weight excluding hydrogens is 263 g/mol. The second-order valence-corrected chi connectivity index (χ2v) is 7.66. The molecule has 3 heteroatoms. The third-order valence-electron chi connectivity index (χ3n) is 1.84. The maximum absolute atomic E-state index is 3.77. The summed E-state index contributed by atoms with van der Waals surface area (Å²) in [4.78, 5) is 0. The first-order valence-corrected chi connectivity index (χ1v) is 8.93. The zero-order chi connectivity index (χ0) is 9.52. The van der Waals surface area contributed by atoms with Gasteiger partial charge in [-0.2, -0.15) is 0 Å². The Morgan fingerprint density at radius 1 is 1.08 bits per heavy atom. The Hall–Kier alpha value is 0.699. The Morgan fingerprint density at radius 2 is 1.54 bits per heavy atom. The molecule has 0 nitrogen and oxygen atoms in total. The third-order valence-corrected chi connectivity index (χ3v) is 8.16. The number of hydrogen-bond donors (Lipinski definition) is 0. The molecule has 1 aliphatic rings. The molecule has 13 heavy (non-hydrogen) atoms. The van der Waals surface area contributed by atoms with Crippen LogP contribution in [0.4, 0.5) is 0 Å². The van der Waals surface area contributed by atoms with Crippen molar-refractivity contribution in [1.82, 2.24) is 0 Å². The average molecular weight is 279 g/mol. The van der Waals surface area contributed by atoms with Crippen LogP contribution in [0.15, 0.2) is 25.3 Å². The van der Waals surface area contributed by atoms with Crippen molar-refractivity contribution in [2.45, 2.75) is 21.1 Å². The summed E-state index contributed by atoms with van der Waals surface area (Å²) in [5, 5.41) is 4.70. The van der Waals surface area contributed by atoms with Crippen molar-refractivity contribution in [2.75, 3.05) is 11.5 Å². The molecular formula is C10H16S2Se. The van der Waals surface area contributed by atoms with Gasteiger partial charge in [0.15, 0.2) is 0 Å². The van der Waals surface area contributed by atoms with Gasteiger partial charge in [0.1, 0.15) is 0 Å². The van der Waals surface area contributed by atoms with Crippen molar-refractivity contribution >= 4 is 38.5 Å². The van der Waals surface area contributed by atoms with Crippen molar-refractivity contribution in [3.63, 3.8) is 0 Å². The van der Waals surface area contributed by atoms with Crippen LogP contribution in [0.5, 0.6) is 0 Å². The standard InChI is InChI=1S/C10H16S2Se/c1-3-5-11-9-7-13-8-10(9)12-6-4-2/h3-4,9-10H,1-2,5-8H2. The van der Waals surface area contributed by atoms with Gasteiger partial charge in [0, 0.05) is 0 Å². The summed E-state index contributed by atoms with van der Waals surface area (Å²) in [6.07, 6.45) is 4.04. The Morgan fingerprint density at radius 3 is 1.92 bits per heavy atom. The number of thioether (sulfide) groups is 2. The number of rotatable bonds is 6. The van der Waals surface area contributed by atoms with Gasteiger partial charge < -0.3 is 0 Å². The molecule has 0 radical (unpaired) electrons. The van der Waals surface area contributed by atoms with E-state index in [0.29, 0.717) is 0 Å². The first-order chi connectivity index (χ1) is 6.38. The second-order valence-electron chi connectivity index (χ2n) is 2.86. The molecule has 0 aliphatic carbocycles. The summed E-state index contributed by atoms with van der Waals surface area (Å²) < 4.78 is 0. The van der Waals surface area contributed by atoms with E-state index in [1.807, 2.05) is 12.2 Å². The zero-order valence-corrected chi connectivity index (χ0v) is 11.1. The fourth-order valence-corrected chi connectivity index (χ4v) is 8.26. The molecule has 0 aromatic heterocycles. The van der Waals surface area contributed by atoms with E-state index in [1.54, 1.807) is 0 Å². The molecule has 2 atom stereocenters. The Kier molecular flexibility index (Phi) is 6.39. The minimum absolute atomic E-state index is 0.892. The van der Waals surface area contributed by atoms with E-state index in [9.17, 15) is 0 Å². The molecule has 0 spiro atoms. The summed E-state index contributed by atoms with van der Waals surface area (Å²) in [5.74, 6) is 2.23. The van der Waals surface area contributed by atoms with E-state index in [4.69, 9.17) is 0 Å². The van der Waals surface area contributed by atoms with Crippen LogP contribution in [0, 0.1) is 0 Å². The van der Waals surface area contributed by atoms with Gasteiger partial charge in [-0.1, -0.05) is 0 Å². The molecule has 0 N–H and O–H groups in total. The first-order valence-electron chi connectivity index (χ1n) is 4.41. The Bertz CT molecular complexity index is 152. The molecule has 1 heterocycles. The molecule has 1 fully saturated rings. The zero-order valence-electron chi connectivity index (χ0n) is 7.78. The molecule has 74 valence electrons. The van der Waals surface area contributed by atoms with E-state index >= 15 is 0 Å². The Labute approximate surface area is 96.2 Å². The average Bonchev–Trinajstić information content (AvgIpc) is 2.59. The predicted octanol–water partition coefficient (Wildman–Crippen LogP) is 3.12. The molecule has 1 aliphatic heterocycles. The van der Waals surface area contributed by atoms with Gasteiger partial charge in [0.2, 0.25) is 0 Å². The van der Waals surface area contributed by atoms with Gasteiger partial charge >= 0.3 is 96.4 Å². The van der Waals surface area contributed by atoms with Gasteiger partial charge in [0.05, 0.1) is 0 Å². The second kappa shape index (κ2) is 7.05. The van der Waals surface area contributed by atoms with Crippen LogP contribution in [-0.4, -0.2) is 37.0 Å². The van der Waals surface area contributed by atoms with Gasteiger partial charge in [-0.3, -0.25) is 0 Å². The van der Waals surface area contributed by atoms with Gasteiger partial charge in [-0.25, -0.2) is 0 Å². The summed E-state index contributed by atoms with van der Waals surface area (Å²) in [5.41, 5.74) is 0. The predicted molar refractivity (Wildman–Crippen MR) is 68.3 cm³/mol. The normalized spacial score (nSPS) is 27.4. The van der Waals surface area contributed by atoms with Gasteiger partial charge in [-0.05, 0) is 0 Å². The van der Waals surface area contributed by atoms with Crippen LogP contribution in [-0.2, 0) is 0 Å². The van der Waals surface area contributed by atoms with Crippen molar-refractivity contribution in [3.8, 4) is 0 Å². The molecule has 0 amide bonds. The van der Waals surface area contributed by atoms with Crippen LogP contribution >= 0.6 is 23.5 Å². The molecule has 1 saturated heterocycles. The van der Waals surface area contributed by atoms with E-state index in [2.05, 4.69) is 36.7 Å². The number of hydrogen-bond acceptors (Lipinski definition) is 2. The van der Waals surface area contributed by atoms with Crippen LogP contribution in [0.2, 0.25) is 10.6 Å². The van der Waals surface area contributed by atoms with E-state index in [1.165, 1.54) is 10.6 Å². The van der Waals surface area contributed by atoms with Crippen LogP contribution < -0.4 is 0 Å². The van der Waals surface area contributed by atoms with Crippen molar-refractivity contribution in [3.05, 3.63) is 25.3 Å². The summed E-state index contributed by atoms with van der Waals surface area (Å²) in [6.45, 7) is 7.54. The fraction of sp³-hybridized carbons (Fsp3) is 0.600. The molecule has 0 aromatic rings. The quantitative estimate of drug-likeness (QED) is 0.541. The fourth-order valence-electron chi connectivity index (χ4n) is 1.21. The minimum atomic E-state index is 0.892. The third kappa shape index (κ3) is 4.16. The van der Waals surface area contributed by atoms with Crippen molar-refractivity contribution < 1.29 is 0 Å². The van der Waals surface area contributed by atoms with Crippen LogP contribution in [0.1, 0.15) is 0 Å². The van der Waals surface area contributed by atoms with Crippen LogP contribution in [0.25, 0.3) is 0 Å².